The molecule has 3 rings (SSSR count). The summed E-state index contributed by atoms with van der Waals surface area (Å²) in [6.07, 6.45) is 3.86. The molecule has 1 aliphatic carbocycles. The Morgan fingerprint density at radius 3 is 2.55 bits per heavy atom. The number of benzene rings is 1. The molecule has 1 aliphatic rings. The molecule has 22 heavy (non-hydrogen) atoms. The molecule has 0 N–H and O–H groups in total. The Kier molecular flexibility index (Phi) is 4.49. The molecule has 0 saturated heterocycles. The summed E-state index contributed by atoms with van der Waals surface area (Å²) >= 11 is 0. The van der Waals surface area contributed by atoms with E-state index in [4.69, 9.17) is 8.60 Å². The number of hydrogen-bond acceptors (Lipinski definition) is 5. The van der Waals surface area contributed by atoms with Crippen LogP contribution in [-0.2, 0) is 16.7 Å². The molecule has 0 radical (unpaired) electrons. The average Bonchev–Trinajstić information content (AvgIpc) is 3.21. The van der Waals surface area contributed by atoms with E-state index in [1.807, 2.05) is 18.2 Å². The summed E-state index contributed by atoms with van der Waals surface area (Å²) in [5.74, 6) is 1.18. The fourth-order valence-electron chi connectivity index (χ4n) is 2.33. The molecule has 1 saturated carbocycles. The summed E-state index contributed by atoms with van der Waals surface area (Å²) in [4.78, 5) is 2.14. The molecule has 0 unspecified atom stereocenters. The third-order valence-electron chi connectivity index (χ3n) is 3.60. The van der Waals surface area contributed by atoms with Crippen LogP contribution in [0.5, 0.6) is 5.75 Å². The van der Waals surface area contributed by atoms with Crippen molar-refractivity contribution in [3.05, 3.63) is 54.5 Å². The molecule has 0 bridgehead atoms. The third-order valence-corrected chi connectivity index (χ3v) is 4.73. The van der Waals surface area contributed by atoms with Crippen molar-refractivity contribution >= 4 is 10.1 Å². The third kappa shape index (κ3) is 4.35. The lowest BCUT2D eigenvalue weighted by molar-refractivity contribution is 0.245. The lowest BCUT2D eigenvalue weighted by Crippen LogP contribution is -2.32. The molecule has 1 aromatic heterocycles. The van der Waals surface area contributed by atoms with Gasteiger partial charge in [0.15, 0.2) is 0 Å². The van der Waals surface area contributed by atoms with Gasteiger partial charge in [-0.3, -0.25) is 4.90 Å². The van der Waals surface area contributed by atoms with Gasteiger partial charge < -0.3 is 8.60 Å². The van der Waals surface area contributed by atoms with Gasteiger partial charge in [0.25, 0.3) is 0 Å². The highest BCUT2D eigenvalue weighted by Gasteiger charge is 2.30. The van der Waals surface area contributed by atoms with Gasteiger partial charge in [-0.05, 0) is 37.1 Å². The number of nitrogens with zero attached hydrogens (tertiary/aromatic N) is 1. The van der Waals surface area contributed by atoms with Crippen LogP contribution in [0.2, 0.25) is 0 Å². The van der Waals surface area contributed by atoms with Crippen molar-refractivity contribution < 1.29 is 17.0 Å². The molecular formula is C16H19NO4S. The molecule has 1 fully saturated rings. The van der Waals surface area contributed by atoms with Crippen LogP contribution in [0, 0.1) is 0 Å². The number of rotatable bonds is 8. The first-order chi connectivity index (χ1) is 10.6. The highest BCUT2D eigenvalue weighted by molar-refractivity contribution is 7.87. The SMILES string of the molecule is O=S(=O)(CCN(Cc1ccco1)C1CC1)Oc1ccccc1. The van der Waals surface area contributed by atoms with Gasteiger partial charge in [0.1, 0.15) is 11.5 Å². The molecule has 2 aromatic rings. The monoisotopic (exact) mass is 321 g/mol. The van der Waals surface area contributed by atoms with Gasteiger partial charge in [-0.15, -0.1) is 0 Å². The zero-order chi connectivity index (χ0) is 15.4. The Balaban J connectivity index is 1.57. The second-order valence-corrected chi connectivity index (χ2v) is 7.13. The Hall–Kier alpha value is -1.79. The van der Waals surface area contributed by atoms with Gasteiger partial charge in [0.05, 0.1) is 18.6 Å². The van der Waals surface area contributed by atoms with Crippen LogP contribution in [0.25, 0.3) is 0 Å². The van der Waals surface area contributed by atoms with Crippen molar-refractivity contribution in [2.24, 2.45) is 0 Å². The zero-order valence-electron chi connectivity index (χ0n) is 12.2. The summed E-state index contributed by atoms with van der Waals surface area (Å²) in [6.45, 7) is 1.08. The molecule has 118 valence electrons. The number of furan rings is 1. The highest BCUT2D eigenvalue weighted by Crippen LogP contribution is 2.28. The van der Waals surface area contributed by atoms with Gasteiger partial charge in [0.2, 0.25) is 0 Å². The van der Waals surface area contributed by atoms with Gasteiger partial charge in [0, 0.05) is 12.6 Å². The van der Waals surface area contributed by atoms with Gasteiger partial charge in [-0.1, -0.05) is 18.2 Å². The molecule has 1 aromatic carbocycles. The normalized spacial score (nSPS) is 15.1. The molecule has 0 atom stereocenters. The van der Waals surface area contributed by atoms with E-state index < -0.39 is 10.1 Å². The second kappa shape index (κ2) is 6.54. The van der Waals surface area contributed by atoms with Crippen molar-refractivity contribution in [1.82, 2.24) is 4.90 Å². The topological polar surface area (TPSA) is 59.8 Å². The fourth-order valence-corrected chi connectivity index (χ4v) is 3.27. The molecule has 0 spiro atoms. The van der Waals surface area contributed by atoms with Crippen LogP contribution in [-0.4, -0.2) is 31.7 Å². The van der Waals surface area contributed by atoms with E-state index in [0.717, 1.165) is 18.6 Å². The van der Waals surface area contributed by atoms with Crippen molar-refractivity contribution in [3.8, 4) is 5.75 Å². The molecule has 5 nitrogen and oxygen atoms in total. The lowest BCUT2D eigenvalue weighted by atomic mass is 10.3. The van der Waals surface area contributed by atoms with E-state index in [0.29, 0.717) is 24.9 Å². The predicted octanol–water partition coefficient (Wildman–Crippen LogP) is 2.65. The molecular weight excluding hydrogens is 302 g/mol. The Bertz CT molecular complexity index is 678. The number of hydrogen-bond donors (Lipinski definition) is 0. The first kappa shape index (κ1) is 15.1. The Labute approximate surface area is 130 Å². The van der Waals surface area contributed by atoms with Gasteiger partial charge in [-0.25, -0.2) is 0 Å². The first-order valence-electron chi connectivity index (χ1n) is 7.36. The van der Waals surface area contributed by atoms with Gasteiger partial charge >= 0.3 is 10.1 Å². The van der Waals surface area contributed by atoms with Crippen LogP contribution in [0.3, 0.4) is 0 Å². The highest BCUT2D eigenvalue weighted by atomic mass is 32.2. The van der Waals surface area contributed by atoms with E-state index >= 15 is 0 Å². The Morgan fingerprint density at radius 1 is 1.14 bits per heavy atom. The summed E-state index contributed by atoms with van der Waals surface area (Å²) < 4.78 is 34.6. The summed E-state index contributed by atoms with van der Waals surface area (Å²) in [7, 11) is -3.59. The van der Waals surface area contributed by atoms with Crippen molar-refractivity contribution in [2.75, 3.05) is 12.3 Å². The molecule has 0 amide bonds. The maximum atomic E-state index is 12.1. The van der Waals surface area contributed by atoms with Crippen LogP contribution in [0.15, 0.2) is 53.1 Å². The quantitative estimate of drug-likeness (QED) is 0.700. The van der Waals surface area contributed by atoms with E-state index in [1.54, 1.807) is 30.5 Å². The first-order valence-corrected chi connectivity index (χ1v) is 8.94. The zero-order valence-corrected chi connectivity index (χ0v) is 13.0. The molecule has 1 heterocycles. The summed E-state index contributed by atoms with van der Waals surface area (Å²) in [6, 6.07) is 12.8. The number of para-hydroxylation sites is 1. The molecule has 0 aliphatic heterocycles. The molecule has 6 heteroatoms. The van der Waals surface area contributed by atoms with Crippen LogP contribution >= 0.6 is 0 Å². The Morgan fingerprint density at radius 2 is 1.91 bits per heavy atom. The van der Waals surface area contributed by atoms with Crippen molar-refractivity contribution in [1.29, 1.82) is 0 Å². The largest absolute Gasteiger partial charge is 0.468 e. The van der Waals surface area contributed by atoms with Crippen molar-refractivity contribution in [2.45, 2.75) is 25.4 Å². The van der Waals surface area contributed by atoms with E-state index in [-0.39, 0.29) is 5.75 Å². The average molecular weight is 321 g/mol. The minimum absolute atomic E-state index is 0.0287. The predicted molar refractivity (Wildman–Crippen MR) is 83.0 cm³/mol. The van der Waals surface area contributed by atoms with Gasteiger partial charge in [-0.2, -0.15) is 8.42 Å². The summed E-state index contributed by atoms with van der Waals surface area (Å²) in [5.41, 5.74) is 0. The van der Waals surface area contributed by atoms with Crippen LogP contribution < -0.4 is 4.18 Å². The van der Waals surface area contributed by atoms with Crippen LogP contribution in [0.1, 0.15) is 18.6 Å². The minimum atomic E-state index is -3.59. The fraction of sp³-hybridized carbons (Fsp3) is 0.375. The summed E-state index contributed by atoms with van der Waals surface area (Å²) in [5, 5.41) is 0. The van der Waals surface area contributed by atoms with E-state index in [9.17, 15) is 8.42 Å². The smallest absolute Gasteiger partial charge is 0.310 e. The minimum Gasteiger partial charge on any atom is -0.468 e. The van der Waals surface area contributed by atoms with Crippen molar-refractivity contribution in [3.63, 3.8) is 0 Å². The lowest BCUT2D eigenvalue weighted by Gasteiger charge is -2.20. The standard InChI is InChI=1S/C16H19NO4S/c18-22(19,21-15-5-2-1-3-6-15)12-10-17(14-8-9-14)13-16-7-4-11-20-16/h1-7,11,14H,8-10,12-13H2. The second-order valence-electron chi connectivity index (χ2n) is 5.44. The van der Waals surface area contributed by atoms with E-state index in [1.165, 1.54) is 0 Å². The maximum absolute atomic E-state index is 12.1. The maximum Gasteiger partial charge on any atom is 0.310 e. The van der Waals surface area contributed by atoms with Crippen LogP contribution in [0.4, 0.5) is 0 Å². The van der Waals surface area contributed by atoms with E-state index in [2.05, 4.69) is 4.90 Å².